The van der Waals surface area contributed by atoms with Crippen LogP contribution in [0.15, 0.2) is 21.1 Å². The van der Waals surface area contributed by atoms with E-state index < -0.39 is 0 Å². The van der Waals surface area contributed by atoms with Crippen LogP contribution in [0.25, 0.3) is 11.0 Å². The molecular weight excluding hydrogens is 307 g/mol. The highest BCUT2D eigenvalue weighted by atomic mass is 79.9. The summed E-state index contributed by atoms with van der Waals surface area (Å²) in [5.74, 6) is 0. The third-order valence-corrected chi connectivity index (χ3v) is 3.00. The lowest BCUT2D eigenvalue weighted by Crippen LogP contribution is -1.73. The summed E-state index contributed by atoms with van der Waals surface area (Å²) in [6, 6.07) is 3.85. The largest absolute Gasteiger partial charge is 0.328 e. The van der Waals surface area contributed by atoms with Gasteiger partial charge >= 0.3 is 0 Å². The van der Waals surface area contributed by atoms with Gasteiger partial charge in [-0.3, -0.25) is 0 Å². The molecule has 2 rings (SSSR count). The molecule has 0 saturated heterocycles. The number of nitrogens with zero attached hydrogens (tertiary/aromatic N) is 1. The molecular formula is C7H3Br2ClN2. The van der Waals surface area contributed by atoms with Crippen LogP contribution in [0.1, 0.15) is 0 Å². The standard InChI is InChI=1S/C7H3Br2ClN2/c8-3-1-2-4(9)6-5(3)11-7(10)12-6/h1-2H,(H,11,12). The molecule has 0 bridgehead atoms. The number of benzene rings is 1. The number of rotatable bonds is 0. The molecule has 0 unspecified atom stereocenters. The fourth-order valence-corrected chi connectivity index (χ4v) is 2.02. The Labute approximate surface area is 90.6 Å². The molecule has 1 N–H and O–H groups in total. The predicted octanol–water partition coefficient (Wildman–Crippen LogP) is 3.74. The fraction of sp³-hybridized carbons (Fsp3) is 0. The van der Waals surface area contributed by atoms with Crippen LogP contribution in [0.3, 0.4) is 0 Å². The Bertz CT molecular complexity index is 399. The average Bonchev–Trinajstić information content (AvgIpc) is 2.41. The molecule has 1 aromatic carbocycles. The van der Waals surface area contributed by atoms with E-state index in [1.807, 2.05) is 12.1 Å². The number of H-pyrrole nitrogens is 1. The summed E-state index contributed by atoms with van der Waals surface area (Å²) in [7, 11) is 0. The smallest absolute Gasteiger partial charge is 0.201 e. The Kier molecular flexibility index (Phi) is 2.14. The van der Waals surface area contributed by atoms with E-state index in [0.717, 1.165) is 20.0 Å². The zero-order valence-electron chi connectivity index (χ0n) is 5.74. The molecule has 0 aliphatic heterocycles. The van der Waals surface area contributed by atoms with Crippen molar-refractivity contribution in [1.29, 1.82) is 0 Å². The summed E-state index contributed by atoms with van der Waals surface area (Å²) >= 11 is 12.5. The molecule has 0 aliphatic carbocycles. The molecule has 62 valence electrons. The van der Waals surface area contributed by atoms with E-state index in [4.69, 9.17) is 11.6 Å². The average molecular weight is 310 g/mol. The van der Waals surface area contributed by atoms with Gasteiger partial charge in [0.05, 0.1) is 5.52 Å². The Hall–Kier alpha value is -0.0600. The SMILES string of the molecule is Clc1nc2c(Br)ccc(Br)c2[nH]1. The number of imidazole rings is 1. The van der Waals surface area contributed by atoms with Crippen LogP contribution < -0.4 is 0 Å². The van der Waals surface area contributed by atoms with Gasteiger partial charge in [-0.05, 0) is 55.6 Å². The number of halogens is 3. The lowest BCUT2D eigenvalue weighted by Gasteiger charge is -1.93. The Morgan fingerprint density at radius 2 is 1.92 bits per heavy atom. The summed E-state index contributed by atoms with van der Waals surface area (Å²) in [6.07, 6.45) is 0. The van der Waals surface area contributed by atoms with Crippen molar-refractivity contribution in [3.8, 4) is 0 Å². The van der Waals surface area contributed by atoms with Crippen LogP contribution in [0.2, 0.25) is 5.28 Å². The summed E-state index contributed by atoms with van der Waals surface area (Å²) in [6.45, 7) is 0. The lowest BCUT2D eigenvalue weighted by molar-refractivity contribution is 1.34. The van der Waals surface area contributed by atoms with E-state index in [1.165, 1.54) is 0 Å². The molecule has 5 heteroatoms. The first-order valence-electron chi connectivity index (χ1n) is 3.17. The van der Waals surface area contributed by atoms with Crippen LogP contribution in [0.4, 0.5) is 0 Å². The highest BCUT2D eigenvalue weighted by molar-refractivity contribution is 9.11. The third kappa shape index (κ3) is 1.28. The molecule has 12 heavy (non-hydrogen) atoms. The minimum absolute atomic E-state index is 0.401. The summed E-state index contributed by atoms with van der Waals surface area (Å²) in [5.41, 5.74) is 1.75. The van der Waals surface area contributed by atoms with Crippen molar-refractivity contribution >= 4 is 54.5 Å². The normalized spacial score (nSPS) is 10.9. The van der Waals surface area contributed by atoms with Crippen molar-refractivity contribution in [1.82, 2.24) is 9.97 Å². The summed E-state index contributed by atoms with van der Waals surface area (Å²) < 4.78 is 1.89. The minimum atomic E-state index is 0.401. The van der Waals surface area contributed by atoms with Gasteiger partial charge in [-0.25, -0.2) is 4.98 Å². The summed E-state index contributed by atoms with van der Waals surface area (Å²) in [5, 5.41) is 0.401. The predicted molar refractivity (Wildman–Crippen MR) is 56.5 cm³/mol. The van der Waals surface area contributed by atoms with E-state index in [-0.39, 0.29) is 0 Å². The fourth-order valence-electron chi connectivity index (χ4n) is 0.999. The Balaban J connectivity index is 2.93. The van der Waals surface area contributed by atoms with E-state index >= 15 is 0 Å². The van der Waals surface area contributed by atoms with Gasteiger partial charge in [-0.1, -0.05) is 0 Å². The highest BCUT2D eigenvalue weighted by Crippen LogP contribution is 2.29. The topological polar surface area (TPSA) is 28.7 Å². The van der Waals surface area contributed by atoms with Gasteiger partial charge in [-0.2, -0.15) is 0 Å². The minimum Gasteiger partial charge on any atom is -0.328 e. The van der Waals surface area contributed by atoms with Crippen LogP contribution in [-0.2, 0) is 0 Å². The zero-order chi connectivity index (χ0) is 8.72. The number of fused-ring (bicyclic) bond motifs is 1. The molecule has 0 aliphatic rings. The first kappa shape index (κ1) is 8.53. The first-order valence-corrected chi connectivity index (χ1v) is 5.14. The van der Waals surface area contributed by atoms with Crippen LogP contribution in [0, 0.1) is 0 Å². The molecule has 1 heterocycles. The second-order valence-corrected chi connectivity index (χ2v) is 4.35. The van der Waals surface area contributed by atoms with Gasteiger partial charge in [0.15, 0.2) is 0 Å². The number of aromatic amines is 1. The monoisotopic (exact) mass is 308 g/mol. The second-order valence-electron chi connectivity index (χ2n) is 2.28. The maximum atomic E-state index is 5.72. The van der Waals surface area contributed by atoms with Crippen molar-refractivity contribution in [2.24, 2.45) is 0 Å². The van der Waals surface area contributed by atoms with Crippen molar-refractivity contribution in [3.63, 3.8) is 0 Å². The zero-order valence-corrected chi connectivity index (χ0v) is 9.66. The Morgan fingerprint density at radius 1 is 1.25 bits per heavy atom. The molecule has 0 saturated carbocycles. The summed E-state index contributed by atoms with van der Waals surface area (Å²) in [4.78, 5) is 7.05. The van der Waals surface area contributed by atoms with Gasteiger partial charge in [0.1, 0.15) is 5.52 Å². The lowest BCUT2D eigenvalue weighted by atomic mass is 10.3. The maximum absolute atomic E-state index is 5.72. The van der Waals surface area contributed by atoms with Gasteiger partial charge in [0, 0.05) is 8.95 Å². The van der Waals surface area contributed by atoms with Crippen molar-refractivity contribution < 1.29 is 0 Å². The van der Waals surface area contributed by atoms with Crippen molar-refractivity contribution in [2.45, 2.75) is 0 Å². The van der Waals surface area contributed by atoms with E-state index in [1.54, 1.807) is 0 Å². The third-order valence-electron chi connectivity index (χ3n) is 1.52. The van der Waals surface area contributed by atoms with Crippen molar-refractivity contribution in [2.75, 3.05) is 0 Å². The van der Waals surface area contributed by atoms with Gasteiger partial charge < -0.3 is 4.98 Å². The van der Waals surface area contributed by atoms with Crippen LogP contribution in [0.5, 0.6) is 0 Å². The van der Waals surface area contributed by atoms with Crippen molar-refractivity contribution in [3.05, 3.63) is 26.4 Å². The quantitative estimate of drug-likeness (QED) is 0.789. The molecule has 1 aromatic heterocycles. The number of hydrogen-bond donors (Lipinski definition) is 1. The molecule has 2 aromatic rings. The first-order chi connectivity index (χ1) is 5.68. The van der Waals surface area contributed by atoms with E-state index in [9.17, 15) is 0 Å². The number of nitrogens with one attached hydrogen (secondary N) is 1. The maximum Gasteiger partial charge on any atom is 0.201 e. The highest BCUT2D eigenvalue weighted by Gasteiger charge is 2.06. The van der Waals surface area contributed by atoms with Crippen LogP contribution >= 0.6 is 43.5 Å². The van der Waals surface area contributed by atoms with E-state index in [2.05, 4.69) is 41.8 Å². The van der Waals surface area contributed by atoms with Gasteiger partial charge in [0.2, 0.25) is 5.28 Å². The van der Waals surface area contributed by atoms with Gasteiger partial charge in [-0.15, -0.1) is 0 Å². The second kappa shape index (κ2) is 3.01. The number of aromatic nitrogens is 2. The molecule has 0 amide bonds. The Morgan fingerprint density at radius 3 is 2.58 bits per heavy atom. The molecule has 2 nitrogen and oxygen atoms in total. The molecule has 0 fully saturated rings. The molecule has 0 atom stereocenters. The van der Waals surface area contributed by atoms with E-state index in [0.29, 0.717) is 5.28 Å². The van der Waals surface area contributed by atoms with Crippen LogP contribution in [-0.4, -0.2) is 9.97 Å². The van der Waals surface area contributed by atoms with Gasteiger partial charge in [0.25, 0.3) is 0 Å². The number of hydrogen-bond acceptors (Lipinski definition) is 1. The molecule has 0 radical (unpaired) electrons. The molecule has 0 spiro atoms.